The molecule has 1 saturated heterocycles. The van der Waals surface area contributed by atoms with Gasteiger partial charge in [-0.25, -0.2) is 0 Å². The predicted molar refractivity (Wildman–Crippen MR) is 112 cm³/mol. The maximum Gasteiger partial charge on any atom is 0.293 e. The fourth-order valence-electron chi connectivity index (χ4n) is 3.24. The van der Waals surface area contributed by atoms with Crippen LogP contribution in [-0.2, 0) is 21.2 Å². The minimum atomic E-state index is -0.358. The van der Waals surface area contributed by atoms with Crippen LogP contribution in [0.3, 0.4) is 0 Å². The molecule has 7 heteroatoms. The second-order valence-electron chi connectivity index (χ2n) is 5.85. The van der Waals surface area contributed by atoms with Crippen LogP contribution in [-0.4, -0.2) is 19.9 Å². The Morgan fingerprint density at radius 3 is 2.74 bits per heavy atom. The molecule has 1 amide bonds. The largest absolute Gasteiger partial charge is 0.341 e. The van der Waals surface area contributed by atoms with Crippen LogP contribution < -0.4 is 0 Å². The fourth-order valence-corrected chi connectivity index (χ4v) is 4.38. The third-order valence-corrected chi connectivity index (χ3v) is 5.62. The van der Waals surface area contributed by atoms with Crippen LogP contribution in [0.1, 0.15) is 12.5 Å². The third kappa shape index (κ3) is 3.03. The van der Waals surface area contributed by atoms with Gasteiger partial charge in [0, 0.05) is 28.4 Å². The van der Waals surface area contributed by atoms with Gasteiger partial charge in [-0.05, 0) is 49.0 Å². The Kier molecular flexibility index (Phi) is 4.73. The van der Waals surface area contributed by atoms with Gasteiger partial charge in [-0.2, -0.15) is 0 Å². The Labute approximate surface area is 165 Å². The average Bonchev–Trinajstić information content (AvgIpc) is 3.14. The number of carbonyl (C=O) groups is 1. The number of fused-ring (bicyclic) bond motifs is 3. The Bertz CT molecular complexity index is 1120. The molecule has 2 heterocycles. The van der Waals surface area contributed by atoms with E-state index < -0.39 is 0 Å². The van der Waals surface area contributed by atoms with E-state index in [0.717, 1.165) is 28.8 Å². The summed E-state index contributed by atoms with van der Waals surface area (Å²) in [4.78, 5) is 22.4. The van der Waals surface area contributed by atoms with Crippen LogP contribution in [0, 0.1) is 0 Å². The van der Waals surface area contributed by atoms with Crippen LogP contribution in [0.25, 0.3) is 27.9 Å². The van der Waals surface area contributed by atoms with E-state index in [9.17, 15) is 4.79 Å². The molecule has 0 N–H and O–H groups in total. The zero-order valence-electron chi connectivity index (χ0n) is 14.5. The van der Waals surface area contributed by atoms with E-state index in [1.165, 1.54) is 28.2 Å². The molecule has 0 radical (unpaired) electrons. The molecular formula is C20H16N2O3S2. The summed E-state index contributed by atoms with van der Waals surface area (Å²) in [6.07, 6.45) is 2.90. The van der Waals surface area contributed by atoms with Crippen LogP contribution in [0.4, 0.5) is 0 Å². The highest BCUT2D eigenvalue weighted by Gasteiger charge is 2.34. The van der Waals surface area contributed by atoms with Crippen molar-refractivity contribution >= 4 is 62.1 Å². The first-order chi connectivity index (χ1) is 13.1. The molecular weight excluding hydrogens is 380 g/mol. The molecule has 0 atom stereocenters. The number of aryl methyl sites for hydroxylation is 1. The highest BCUT2D eigenvalue weighted by atomic mass is 32.2. The number of hydrogen-bond acceptors (Lipinski definition) is 5. The van der Waals surface area contributed by atoms with E-state index in [4.69, 9.17) is 17.2 Å². The molecule has 1 fully saturated rings. The molecule has 0 unspecified atom stereocenters. The van der Waals surface area contributed by atoms with E-state index >= 15 is 0 Å². The molecule has 4 rings (SSSR count). The van der Waals surface area contributed by atoms with Gasteiger partial charge in [0.25, 0.3) is 5.91 Å². The van der Waals surface area contributed by atoms with Crippen molar-refractivity contribution in [3.63, 3.8) is 0 Å². The third-order valence-electron chi connectivity index (χ3n) is 4.35. The molecule has 1 aromatic heterocycles. The van der Waals surface area contributed by atoms with Crippen molar-refractivity contribution in [1.82, 2.24) is 9.63 Å². The number of hydroxylamine groups is 2. The summed E-state index contributed by atoms with van der Waals surface area (Å²) in [5.74, 6) is -0.358. The maximum absolute atomic E-state index is 12.5. The molecule has 5 nitrogen and oxygen atoms in total. The molecule has 0 spiro atoms. The molecule has 3 aromatic rings. The van der Waals surface area contributed by atoms with Gasteiger partial charge in [0.2, 0.25) is 0 Å². The number of rotatable bonds is 5. The van der Waals surface area contributed by atoms with Gasteiger partial charge in [-0.15, -0.1) is 5.06 Å². The second-order valence-corrected chi connectivity index (χ2v) is 7.53. The van der Waals surface area contributed by atoms with E-state index in [1.807, 2.05) is 24.3 Å². The molecule has 0 aliphatic carbocycles. The average molecular weight is 396 g/mol. The number of thiocarbonyl (C=S) groups is 1. The lowest BCUT2D eigenvalue weighted by Crippen LogP contribution is -2.27. The Hall–Kier alpha value is -2.61. The number of amides is 1. The Balaban J connectivity index is 1.76. The lowest BCUT2D eigenvalue weighted by Gasteiger charge is -2.09. The monoisotopic (exact) mass is 396 g/mol. The van der Waals surface area contributed by atoms with Crippen LogP contribution in [0.5, 0.6) is 0 Å². The first-order valence-corrected chi connectivity index (χ1v) is 9.59. The molecule has 1 aliphatic heterocycles. The highest BCUT2D eigenvalue weighted by Crippen LogP contribution is 2.34. The molecule has 27 heavy (non-hydrogen) atoms. The van der Waals surface area contributed by atoms with Gasteiger partial charge in [0.1, 0.15) is 6.26 Å². The summed E-state index contributed by atoms with van der Waals surface area (Å²) in [7, 11) is 0. The van der Waals surface area contributed by atoms with Gasteiger partial charge in [0.05, 0.1) is 4.91 Å². The number of carbonyl (C=O) groups excluding carboxylic acids is 1. The zero-order chi connectivity index (χ0) is 19.0. The highest BCUT2D eigenvalue weighted by molar-refractivity contribution is 8.26. The quantitative estimate of drug-likeness (QED) is 0.199. The smallest absolute Gasteiger partial charge is 0.293 e. The normalized spacial score (nSPS) is 16.0. The van der Waals surface area contributed by atoms with E-state index in [0.29, 0.717) is 4.91 Å². The standard InChI is InChI=1S/C20H16N2O3S2/c1-3-21-16-8-6-5-7-14(16)15-11-13(9-10-17(15)21)12-18-19(23)22(20(26)27-18)25-24-4-2/h4-12H,2-3H2,1H3/b18-12+. The van der Waals surface area contributed by atoms with Gasteiger partial charge < -0.3 is 9.45 Å². The van der Waals surface area contributed by atoms with Crippen molar-refractivity contribution in [2.75, 3.05) is 0 Å². The predicted octanol–water partition coefficient (Wildman–Crippen LogP) is 5.02. The number of hydrogen-bond donors (Lipinski definition) is 0. The SMILES string of the molecule is C=COON1C(=O)/C(=C\c2ccc3c(c2)c2ccccc2n3CC)SC1=S. The number of para-hydroxylation sites is 1. The van der Waals surface area contributed by atoms with Gasteiger partial charge in [-0.3, -0.25) is 4.79 Å². The Morgan fingerprint density at radius 1 is 1.19 bits per heavy atom. The number of thioether (sulfide) groups is 1. The summed E-state index contributed by atoms with van der Waals surface area (Å²) >= 11 is 6.34. The van der Waals surface area contributed by atoms with Gasteiger partial charge in [0.15, 0.2) is 4.32 Å². The minimum absolute atomic E-state index is 0.275. The number of benzene rings is 2. The van der Waals surface area contributed by atoms with Gasteiger partial charge in [-0.1, -0.05) is 47.6 Å². The minimum Gasteiger partial charge on any atom is -0.341 e. The number of aromatic nitrogens is 1. The zero-order valence-corrected chi connectivity index (χ0v) is 16.2. The summed E-state index contributed by atoms with van der Waals surface area (Å²) in [5.41, 5.74) is 3.30. The maximum atomic E-state index is 12.5. The first kappa shape index (κ1) is 17.8. The molecule has 136 valence electrons. The van der Waals surface area contributed by atoms with Crippen molar-refractivity contribution in [2.24, 2.45) is 0 Å². The summed E-state index contributed by atoms with van der Waals surface area (Å²) in [6.45, 7) is 6.40. The molecule has 0 bridgehead atoms. The van der Waals surface area contributed by atoms with Crippen molar-refractivity contribution in [3.8, 4) is 0 Å². The lowest BCUT2D eigenvalue weighted by molar-refractivity contribution is -0.350. The van der Waals surface area contributed by atoms with Crippen molar-refractivity contribution in [3.05, 3.63) is 65.8 Å². The van der Waals surface area contributed by atoms with Crippen LogP contribution in [0.2, 0.25) is 0 Å². The molecule has 2 aromatic carbocycles. The number of nitrogens with zero attached hydrogens (tertiary/aromatic N) is 2. The van der Waals surface area contributed by atoms with Crippen molar-refractivity contribution < 1.29 is 14.7 Å². The summed E-state index contributed by atoms with van der Waals surface area (Å²) in [5, 5.41) is 3.29. The topological polar surface area (TPSA) is 43.7 Å². The van der Waals surface area contributed by atoms with E-state index in [1.54, 1.807) is 0 Å². The molecule has 1 aliphatic rings. The van der Waals surface area contributed by atoms with Crippen molar-refractivity contribution in [1.29, 1.82) is 0 Å². The summed E-state index contributed by atoms with van der Waals surface area (Å²) < 4.78 is 2.56. The van der Waals surface area contributed by atoms with Crippen LogP contribution in [0.15, 0.2) is 60.2 Å². The Morgan fingerprint density at radius 2 is 1.96 bits per heavy atom. The fraction of sp³-hybridized carbons (Fsp3) is 0.100. The van der Waals surface area contributed by atoms with Gasteiger partial charge >= 0.3 is 0 Å². The van der Waals surface area contributed by atoms with E-state index in [2.05, 4.69) is 47.2 Å². The lowest BCUT2D eigenvalue weighted by atomic mass is 10.1. The van der Waals surface area contributed by atoms with Crippen LogP contribution >= 0.6 is 24.0 Å². The summed E-state index contributed by atoms with van der Waals surface area (Å²) in [6, 6.07) is 14.5. The van der Waals surface area contributed by atoms with Crippen molar-refractivity contribution in [2.45, 2.75) is 13.5 Å². The second kappa shape index (κ2) is 7.19. The molecule has 0 saturated carbocycles. The first-order valence-electron chi connectivity index (χ1n) is 8.37. The van der Waals surface area contributed by atoms with E-state index in [-0.39, 0.29) is 10.2 Å².